The van der Waals surface area contributed by atoms with E-state index < -0.39 is 0 Å². The van der Waals surface area contributed by atoms with Crippen molar-refractivity contribution >= 4 is 28.6 Å². The van der Waals surface area contributed by atoms with Crippen LogP contribution in [0.2, 0.25) is 0 Å². The van der Waals surface area contributed by atoms with E-state index in [4.69, 9.17) is 19.4 Å². The van der Waals surface area contributed by atoms with Crippen LogP contribution in [0.15, 0.2) is 42.5 Å². The van der Waals surface area contributed by atoms with Crippen molar-refractivity contribution in [3.05, 3.63) is 48.0 Å². The number of carbonyl (C=O) groups excluding carboxylic acids is 1. The molecule has 1 amide bonds. The summed E-state index contributed by atoms with van der Waals surface area (Å²) in [4.78, 5) is 26.6. The molecular weight excluding hydrogens is 368 g/mol. The van der Waals surface area contributed by atoms with Crippen LogP contribution >= 0.6 is 0 Å². The molecule has 0 bridgehead atoms. The van der Waals surface area contributed by atoms with Crippen molar-refractivity contribution < 1.29 is 14.3 Å². The van der Waals surface area contributed by atoms with Crippen LogP contribution in [0.1, 0.15) is 12.0 Å². The lowest BCUT2D eigenvalue weighted by molar-refractivity contribution is -0.118. The van der Waals surface area contributed by atoms with Gasteiger partial charge in [0.2, 0.25) is 5.91 Å². The van der Waals surface area contributed by atoms with Crippen LogP contribution in [0.5, 0.6) is 11.5 Å². The summed E-state index contributed by atoms with van der Waals surface area (Å²) < 4.78 is 10.6. The second-order valence-corrected chi connectivity index (χ2v) is 7.05. The Hall–Kier alpha value is -3.35. The van der Waals surface area contributed by atoms with Crippen LogP contribution in [0, 0.1) is 0 Å². The molecule has 0 saturated heterocycles. The first-order chi connectivity index (χ1) is 14.1. The van der Waals surface area contributed by atoms with Crippen LogP contribution in [-0.2, 0) is 11.2 Å². The molecule has 29 heavy (non-hydrogen) atoms. The number of ether oxygens (including phenoxy) is 2. The molecule has 7 heteroatoms. The van der Waals surface area contributed by atoms with E-state index in [0.29, 0.717) is 23.9 Å². The Morgan fingerprint density at radius 1 is 0.966 bits per heavy atom. The minimum Gasteiger partial charge on any atom is -0.493 e. The molecule has 2 heterocycles. The number of rotatable bonds is 4. The molecule has 7 nitrogen and oxygen atoms in total. The predicted octanol–water partition coefficient (Wildman–Crippen LogP) is 3.06. The fourth-order valence-corrected chi connectivity index (χ4v) is 3.60. The van der Waals surface area contributed by atoms with Crippen molar-refractivity contribution in [3.63, 3.8) is 0 Å². The van der Waals surface area contributed by atoms with Gasteiger partial charge < -0.3 is 14.4 Å². The topological polar surface area (TPSA) is 67.8 Å². The van der Waals surface area contributed by atoms with Crippen molar-refractivity contribution in [2.75, 3.05) is 44.2 Å². The Morgan fingerprint density at radius 2 is 1.66 bits per heavy atom. The van der Waals surface area contributed by atoms with Gasteiger partial charge in [0.25, 0.3) is 0 Å². The fourth-order valence-electron chi connectivity index (χ4n) is 3.60. The monoisotopic (exact) mass is 392 g/mol. The van der Waals surface area contributed by atoms with E-state index in [9.17, 15) is 4.79 Å². The van der Waals surface area contributed by atoms with Gasteiger partial charge in [-0.25, -0.2) is 9.97 Å². The van der Waals surface area contributed by atoms with Crippen LogP contribution in [0.25, 0.3) is 11.0 Å². The molecular formula is C22H24N4O3. The lowest BCUT2D eigenvalue weighted by atomic mass is 10.1. The summed E-state index contributed by atoms with van der Waals surface area (Å²) in [6.07, 6.45) is 1.10. The van der Waals surface area contributed by atoms with E-state index in [-0.39, 0.29) is 12.3 Å². The summed E-state index contributed by atoms with van der Waals surface area (Å²) in [5.74, 6) is 2.59. The van der Waals surface area contributed by atoms with Crippen molar-refractivity contribution in [2.45, 2.75) is 12.8 Å². The highest BCUT2D eigenvalue weighted by Crippen LogP contribution is 2.31. The molecule has 0 saturated carbocycles. The van der Waals surface area contributed by atoms with Gasteiger partial charge in [0.05, 0.1) is 31.7 Å². The van der Waals surface area contributed by atoms with Gasteiger partial charge in [0.15, 0.2) is 23.1 Å². The van der Waals surface area contributed by atoms with Crippen molar-refractivity contribution in [2.24, 2.45) is 0 Å². The quantitative estimate of drug-likeness (QED) is 0.680. The van der Waals surface area contributed by atoms with Gasteiger partial charge in [-0.2, -0.15) is 0 Å². The van der Waals surface area contributed by atoms with E-state index in [1.54, 1.807) is 19.1 Å². The van der Waals surface area contributed by atoms with E-state index in [1.165, 1.54) is 0 Å². The summed E-state index contributed by atoms with van der Waals surface area (Å²) in [5.41, 5.74) is 2.47. The lowest BCUT2D eigenvalue weighted by Crippen LogP contribution is -2.33. The molecule has 1 aromatic heterocycles. The first kappa shape index (κ1) is 19.0. The molecule has 1 aliphatic heterocycles. The van der Waals surface area contributed by atoms with E-state index >= 15 is 0 Å². The number of para-hydroxylation sites is 2. The van der Waals surface area contributed by atoms with Gasteiger partial charge in [-0.05, 0) is 36.2 Å². The Kier molecular flexibility index (Phi) is 5.20. The highest BCUT2D eigenvalue weighted by molar-refractivity contribution is 5.98. The Bertz CT molecular complexity index is 1050. The van der Waals surface area contributed by atoms with Crippen molar-refractivity contribution in [1.29, 1.82) is 0 Å². The molecule has 0 spiro atoms. The number of anilines is 2. The number of hydrogen-bond acceptors (Lipinski definition) is 6. The average molecular weight is 392 g/mol. The second-order valence-electron chi connectivity index (χ2n) is 7.05. The summed E-state index contributed by atoms with van der Waals surface area (Å²) in [6, 6.07) is 13.3. The average Bonchev–Trinajstić information content (AvgIpc) is 2.90. The Morgan fingerprint density at radius 3 is 2.34 bits per heavy atom. The fraction of sp³-hybridized carbons (Fsp3) is 0.318. The van der Waals surface area contributed by atoms with Crippen LogP contribution in [0.4, 0.5) is 11.6 Å². The van der Waals surface area contributed by atoms with Crippen LogP contribution < -0.4 is 19.3 Å². The summed E-state index contributed by atoms with van der Waals surface area (Å²) >= 11 is 0. The highest BCUT2D eigenvalue weighted by atomic mass is 16.5. The van der Waals surface area contributed by atoms with E-state index in [1.807, 2.05) is 49.5 Å². The number of nitrogens with zero attached hydrogens (tertiary/aromatic N) is 4. The molecule has 0 radical (unpaired) electrons. The summed E-state index contributed by atoms with van der Waals surface area (Å²) in [7, 11) is 5.17. The standard InChI is InChI=1S/C22H24N4O3/c1-25-11-6-12-26(22-21(25)23-16-7-4-5-8-17(16)24-22)20(27)14-15-9-10-18(28-2)19(13-15)29-3/h4-5,7-10,13H,6,11-12,14H2,1-3H3. The smallest absolute Gasteiger partial charge is 0.232 e. The van der Waals surface area contributed by atoms with Crippen LogP contribution in [0.3, 0.4) is 0 Å². The normalized spacial score (nSPS) is 13.8. The number of amides is 1. The zero-order valence-corrected chi connectivity index (χ0v) is 16.9. The Balaban J connectivity index is 1.69. The molecule has 3 aromatic rings. The number of carbonyl (C=O) groups is 1. The third-order valence-electron chi connectivity index (χ3n) is 5.13. The molecule has 1 aliphatic rings. The SMILES string of the molecule is COc1ccc(CC(=O)N2CCCN(C)c3nc4ccccc4nc32)cc1OC. The Labute approximate surface area is 169 Å². The van der Waals surface area contributed by atoms with Gasteiger partial charge in [-0.15, -0.1) is 0 Å². The third-order valence-corrected chi connectivity index (χ3v) is 5.13. The first-order valence-electron chi connectivity index (χ1n) is 9.60. The zero-order valence-electron chi connectivity index (χ0n) is 16.9. The highest BCUT2D eigenvalue weighted by Gasteiger charge is 2.27. The number of benzene rings is 2. The van der Waals surface area contributed by atoms with Crippen molar-refractivity contribution in [1.82, 2.24) is 9.97 Å². The molecule has 0 unspecified atom stereocenters. The van der Waals surface area contributed by atoms with Gasteiger partial charge in [-0.3, -0.25) is 9.69 Å². The van der Waals surface area contributed by atoms with Crippen LogP contribution in [-0.4, -0.2) is 50.2 Å². The van der Waals surface area contributed by atoms with Gasteiger partial charge in [0.1, 0.15) is 0 Å². The molecule has 0 aliphatic carbocycles. The maximum atomic E-state index is 13.2. The first-order valence-corrected chi connectivity index (χ1v) is 9.60. The molecule has 4 rings (SSSR count). The zero-order chi connectivity index (χ0) is 20.4. The second kappa shape index (κ2) is 7.95. The van der Waals surface area contributed by atoms with E-state index in [0.717, 1.165) is 35.4 Å². The molecule has 0 N–H and O–H groups in total. The van der Waals surface area contributed by atoms with Crippen molar-refractivity contribution in [3.8, 4) is 11.5 Å². The molecule has 2 aromatic carbocycles. The number of aromatic nitrogens is 2. The maximum Gasteiger partial charge on any atom is 0.232 e. The minimum absolute atomic E-state index is 0.0154. The summed E-state index contributed by atoms with van der Waals surface area (Å²) in [6.45, 7) is 1.43. The third kappa shape index (κ3) is 3.68. The largest absolute Gasteiger partial charge is 0.493 e. The lowest BCUT2D eigenvalue weighted by Gasteiger charge is -2.23. The number of methoxy groups -OCH3 is 2. The predicted molar refractivity (Wildman–Crippen MR) is 113 cm³/mol. The molecule has 150 valence electrons. The van der Waals surface area contributed by atoms with E-state index in [2.05, 4.69) is 4.90 Å². The summed E-state index contributed by atoms with van der Waals surface area (Å²) in [5, 5.41) is 0. The maximum absolute atomic E-state index is 13.2. The molecule has 0 fully saturated rings. The van der Waals surface area contributed by atoms with Gasteiger partial charge in [-0.1, -0.05) is 18.2 Å². The number of fused-ring (bicyclic) bond motifs is 2. The van der Waals surface area contributed by atoms with Gasteiger partial charge >= 0.3 is 0 Å². The number of hydrogen-bond donors (Lipinski definition) is 0. The minimum atomic E-state index is -0.0154. The molecule has 0 atom stereocenters. The van der Waals surface area contributed by atoms with Gasteiger partial charge in [0, 0.05) is 20.1 Å².